The summed E-state index contributed by atoms with van der Waals surface area (Å²) in [5, 5.41) is 6.68. The highest BCUT2D eigenvalue weighted by atomic mass is 16.2. The van der Waals surface area contributed by atoms with Crippen molar-refractivity contribution in [1.29, 1.82) is 0 Å². The van der Waals surface area contributed by atoms with Crippen LogP contribution in [0.1, 0.15) is 48.3 Å². The van der Waals surface area contributed by atoms with Crippen LogP contribution in [-0.4, -0.2) is 28.6 Å². The Morgan fingerprint density at radius 3 is 2.44 bits per heavy atom. The molecule has 2 amide bonds. The number of carbonyl (C=O) groups excluding carboxylic acids is 2. The maximum absolute atomic E-state index is 11.8. The summed E-state index contributed by atoms with van der Waals surface area (Å²) in [5.74, 6) is -0.752. The topological polar surface area (TPSA) is 75.5 Å². The van der Waals surface area contributed by atoms with Gasteiger partial charge < -0.3 is 9.88 Å². The fraction of sp³-hybridized carbons (Fsp3) is 0.381. The summed E-state index contributed by atoms with van der Waals surface area (Å²) in [5.41, 5.74) is 9.00. The van der Waals surface area contributed by atoms with E-state index in [9.17, 15) is 9.59 Å². The predicted molar refractivity (Wildman–Crippen MR) is 108 cm³/mol. The van der Waals surface area contributed by atoms with E-state index in [2.05, 4.69) is 52.5 Å². The van der Waals surface area contributed by atoms with Gasteiger partial charge >= 0.3 is 0 Å². The standard InChI is InChI=1S/C21H28N4O2/c1-13(2)23-20(26)11-21(27)24-22-12-18-10-16(5)25(17(18)6)19-8-7-14(3)9-15(19)4/h7-10,12-13H,11H2,1-6H3,(H,23,26)(H,24,27)/b22-12+. The maximum atomic E-state index is 11.8. The van der Waals surface area contributed by atoms with E-state index in [4.69, 9.17) is 0 Å². The zero-order chi connectivity index (χ0) is 20.1. The van der Waals surface area contributed by atoms with Crippen molar-refractivity contribution in [3.05, 3.63) is 52.3 Å². The van der Waals surface area contributed by atoms with Crippen LogP contribution in [-0.2, 0) is 9.59 Å². The molecular weight excluding hydrogens is 340 g/mol. The van der Waals surface area contributed by atoms with Crippen LogP contribution in [0.2, 0.25) is 0 Å². The number of aromatic nitrogens is 1. The minimum atomic E-state index is -0.437. The Kier molecular flexibility index (Phi) is 6.55. The van der Waals surface area contributed by atoms with Gasteiger partial charge in [0.25, 0.3) is 0 Å². The predicted octanol–water partition coefficient (Wildman–Crippen LogP) is 3.08. The number of nitrogens with zero attached hydrogens (tertiary/aromatic N) is 2. The first-order valence-electron chi connectivity index (χ1n) is 9.07. The summed E-state index contributed by atoms with van der Waals surface area (Å²) >= 11 is 0. The highest BCUT2D eigenvalue weighted by Crippen LogP contribution is 2.23. The average molecular weight is 368 g/mol. The molecule has 0 saturated carbocycles. The zero-order valence-electron chi connectivity index (χ0n) is 16.9. The molecule has 0 aliphatic rings. The molecule has 1 aromatic carbocycles. The Bertz CT molecular complexity index is 879. The molecule has 1 heterocycles. The van der Waals surface area contributed by atoms with Gasteiger partial charge in [0.2, 0.25) is 11.8 Å². The van der Waals surface area contributed by atoms with Crippen LogP contribution < -0.4 is 10.7 Å². The molecule has 0 aliphatic heterocycles. The second kappa shape index (κ2) is 8.66. The molecule has 2 N–H and O–H groups in total. The number of nitrogens with one attached hydrogen (secondary N) is 2. The Labute approximate surface area is 160 Å². The smallest absolute Gasteiger partial charge is 0.249 e. The van der Waals surface area contributed by atoms with E-state index in [0.29, 0.717) is 0 Å². The minimum absolute atomic E-state index is 0.00409. The molecular formula is C21H28N4O2. The van der Waals surface area contributed by atoms with Crippen molar-refractivity contribution >= 4 is 18.0 Å². The van der Waals surface area contributed by atoms with Crippen molar-refractivity contribution < 1.29 is 9.59 Å². The lowest BCUT2D eigenvalue weighted by Gasteiger charge is -2.13. The molecule has 6 nitrogen and oxygen atoms in total. The molecule has 0 spiro atoms. The lowest BCUT2D eigenvalue weighted by Crippen LogP contribution is -2.34. The van der Waals surface area contributed by atoms with Gasteiger partial charge in [-0.15, -0.1) is 0 Å². The quantitative estimate of drug-likeness (QED) is 0.467. The first-order chi connectivity index (χ1) is 12.7. The summed E-state index contributed by atoms with van der Waals surface area (Å²) in [6.45, 7) is 11.9. The third-order valence-corrected chi connectivity index (χ3v) is 4.23. The fourth-order valence-corrected chi connectivity index (χ4v) is 3.08. The molecule has 0 radical (unpaired) electrons. The number of hydrogen-bond donors (Lipinski definition) is 2. The zero-order valence-corrected chi connectivity index (χ0v) is 16.9. The lowest BCUT2D eigenvalue weighted by molar-refractivity contribution is -0.129. The molecule has 0 bridgehead atoms. The van der Waals surface area contributed by atoms with Crippen molar-refractivity contribution in [3.63, 3.8) is 0 Å². The minimum Gasteiger partial charge on any atom is -0.353 e. The monoisotopic (exact) mass is 368 g/mol. The van der Waals surface area contributed by atoms with Crippen molar-refractivity contribution in [2.45, 2.75) is 54.0 Å². The molecule has 6 heteroatoms. The van der Waals surface area contributed by atoms with E-state index in [-0.39, 0.29) is 18.4 Å². The third-order valence-electron chi connectivity index (χ3n) is 4.23. The van der Waals surface area contributed by atoms with Crippen molar-refractivity contribution in [2.24, 2.45) is 5.10 Å². The number of hydrazone groups is 1. The summed E-state index contributed by atoms with van der Waals surface area (Å²) < 4.78 is 2.17. The molecule has 0 fully saturated rings. The lowest BCUT2D eigenvalue weighted by atomic mass is 10.1. The Morgan fingerprint density at radius 1 is 1.11 bits per heavy atom. The number of aryl methyl sites for hydroxylation is 3. The molecule has 1 aromatic heterocycles. The van der Waals surface area contributed by atoms with Crippen LogP contribution >= 0.6 is 0 Å². The molecule has 2 rings (SSSR count). The average Bonchev–Trinajstić information content (AvgIpc) is 2.81. The number of rotatable bonds is 6. The van der Waals surface area contributed by atoms with Crippen LogP contribution in [0.15, 0.2) is 29.4 Å². The molecule has 0 saturated heterocycles. The SMILES string of the molecule is Cc1ccc(-n2c(C)cc(/C=N/NC(=O)CC(=O)NC(C)C)c2C)c(C)c1. The molecule has 0 atom stereocenters. The maximum Gasteiger partial charge on any atom is 0.249 e. The van der Waals surface area contributed by atoms with Gasteiger partial charge in [-0.3, -0.25) is 9.59 Å². The summed E-state index contributed by atoms with van der Waals surface area (Å²) in [6.07, 6.45) is 1.37. The van der Waals surface area contributed by atoms with Gasteiger partial charge in [-0.25, -0.2) is 5.43 Å². The summed E-state index contributed by atoms with van der Waals surface area (Å²) in [4.78, 5) is 23.4. The van der Waals surface area contributed by atoms with E-state index in [1.165, 1.54) is 11.1 Å². The second-order valence-electron chi connectivity index (χ2n) is 7.14. The third kappa shape index (κ3) is 5.29. The highest BCUT2D eigenvalue weighted by Gasteiger charge is 2.12. The van der Waals surface area contributed by atoms with Gasteiger partial charge in [-0.05, 0) is 59.2 Å². The van der Waals surface area contributed by atoms with E-state index >= 15 is 0 Å². The van der Waals surface area contributed by atoms with Gasteiger partial charge in [0.05, 0.1) is 6.21 Å². The second-order valence-corrected chi connectivity index (χ2v) is 7.14. The summed E-state index contributed by atoms with van der Waals surface area (Å²) in [7, 11) is 0. The normalized spacial score (nSPS) is 11.2. The van der Waals surface area contributed by atoms with E-state index < -0.39 is 5.91 Å². The van der Waals surface area contributed by atoms with E-state index in [0.717, 1.165) is 22.6 Å². The number of hydrogen-bond acceptors (Lipinski definition) is 3. The Balaban J connectivity index is 2.11. The van der Waals surface area contributed by atoms with Crippen LogP contribution in [0.5, 0.6) is 0 Å². The molecule has 27 heavy (non-hydrogen) atoms. The van der Waals surface area contributed by atoms with Gasteiger partial charge in [0.15, 0.2) is 0 Å². The fourth-order valence-electron chi connectivity index (χ4n) is 3.08. The van der Waals surface area contributed by atoms with Crippen molar-refractivity contribution in [1.82, 2.24) is 15.3 Å². The van der Waals surface area contributed by atoms with Gasteiger partial charge in [0, 0.05) is 28.7 Å². The highest BCUT2D eigenvalue weighted by molar-refractivity contribution is 5.97. The van der Waals surface area contributed by atoms with Crippen molar-refractivity contribution in [2.75, 3.05) is 0 Å². The number of carbonyl (C=O) groups is 2. The van der Waals surface area contributed by atoms with Crippen LogP contribution in [0, 0.1) is 27.7 Å². The first-order valence-corrected chi connectivity index (χ1v) is 9.07. The van der Waals surface area contributed by atoms with Crippen LogP contribution in [0.3, 0.4) is 0 Å². The van der Waals surface area contributed by atoms with Crippen LogP contribution in [0.4, 0.5) is 0 Å². The first kappa shape index (κ1) is 20.4. The van der Waals surface area contributed by atoms with Crippen molar-refractivity contribution in [3.8, 4) is 5.69 Å². The molecule has 144 valence electrons. The largest absolute Gasteiger partial charge is 0.353 e. The Hall–Kier alpha value is -2.89. The molecule has 0 unspecified atom stereocenters. The van der Waals surface area contributed by atoms with Gasteiger partial charge in [0.1, 0.15) is 6.42 Å². The van der Waals surface area contributed by atoms with Gasteiger partial charge in [-0.2, -0.15) is 5.10 Å². The van der Waals surface area contributed by atoms with E-state index in [1.54, 1.807) is 6.21 Å². The van der Waals surface area contributed by atoms with E-state index in [1.807, 2.05) is 33.8 Å². The van der Waals surface area contributed by atoms with Gasteiger partial charge in [-0.1, -0.05) is 17.7 Å². The number of amides is 2. The Morgan fingerprint density at radius 2 is 1.81 bits per heavy atom. The molecule has 2 aromatic rings. The molecule has 0 aliphatic carbocycles. The number of benzene rings is 1. The summed E-state index contributed by atoms with van der Waals surface area (Å²) in [6, 6.07) is 8.39. The van der Waals surface area contributed by atoms with Crippen LogP contribution in [0.25, 0.3) is 5.69 Å².